The van der Waals surface area contributed by atoms with E-state index in [1.807, 2.05) is 12.1 Å². The summed E-state index contributed by atoms with van der Waals surface area (Å²) in [5.74, 6) is 0.751. The summed E-state index contributed by atoms with van der Waals surface area (Å²) in [4.78, 5) is 14.2. The van der Waals surface area contributed by atoms with Crippen LogP contribution in [0, 0.1) is 0 Å². The summed E-state index contributed by atoms with van der Waals surface area (Å²) in [5.41, 5.74) is 0.881. The molecule has 0 spiro atoms. The van der Waals surface area contributed by atoms with Gasteiger partial charge in [0, 0.05) is 42.8 Å². The average Bonchev–Trinajstić information content (AvgIpc) is 2.48. The molecular formula is C15H23Cl2N3O2. The Hall–Kier alpha value is -1.01. The molecule has 22 heavy (non-hydrogen) atoms. The van der Waals surface area contributed by atoms with E-state index < -0.39 is 0 Å². The monoisotopic (exact) mass is 347 g/mol. The van der Waals surface area contributed by atoms with Crippen molar-refractivity contribution in [3.05, 3.63) is 28.8 Å². The second-order valence-corrected chi connectivity index (χ2v) is 5.69. The third-order valence-electron chi connectivity index (χ3n) is 3.70. The van der Waals surface area contributed by atoms with Crippen molar-refractivity contribution >= 4 is 29.9 Å². The van der Waals surface area contributed by atoms with Gasteiger partial charge in [0.25, 0.3) is 0 Å². The maximum atomic E-state index is 12.1. The fraction of sp³-hybridized carbons (Fsp3) is 0.533. The maximum Gasteiger partial charge on any atom is 0.234 e. The van der Waals surface area contributed by atoms with E-state index >= 15 is 0 Å². The molecule has 2 rings (SSSR count). The molecule has 7 heteroatoms. The van der Waals surface area contributed by atoms with Crippen molar-refractivity contribution in [1.29, 1.82) is 0 Å². The van der Waals surface area contributed by atoms with Crippen LogP contribution in [0.5, 0.6) is 5.75 Å². The second-order valence-electron chi connectivity index (χ2n) is 5.26. The number of benzene rings is 1. The summed E-state index contributed by atoms with van der Waals surface area (Å²) in [6.45, 7) is 5.72. The number of methoxy groups -OCH3 is 1. The molecule has 1 atom stereocenters. The number of carbonyl (C=O) groups excluding carboxylic acids is 1. The fourth-order valence-electron chi connectivity index (χ4n) is 2.44. The van der Waals surface area contributed by atoms with Gasteiger partial charge >= 0.3 is 0 Å². The van der Waals surface area contributed by atoms with Crippen molar-refractivity contribution in [1.82, 2.24) is 15.5 Å². The van der Waals surface area contributed by atoms with Crippen molar-refractivity contribution in [3.8, 4) is 5.75 Å². The largest absolute Gasteiger partial charge is 0.496 e. The Morgan fingerprint density at radius 2 is 2.32 bits per heavy atom. The van der Waals surface area contributed by atoms with Gasteiger partial charge in [0.1, 0.15) is 5.75 Å². The highest BCUT2D eigenvalue weighted by molar-refractivity contribution is 6.30. The Morgan fingerprint density at radius 1 is 1.55 bits per heavy atom. The standard InChI is InChI=1S/C15H22ClN3O2.ClH/c1-11-8-17-5-6-19(11)10-15(20)18-9-12-7-13(16)3-4-14(12)21-2;/h3-4,7,11,17H,5-6,8-10H2,1-2H3,(H,18,20);1H/t11-;/m0./s1. The number of amides is 1. The normalized spacial score (nSPS) is 18.4. The summed E-state index contributed by atoms with van der Waals surface area (Å²) >= 11 is 5.98. The molecule has 1 heterocycles. The van der Waals surface area contributed by atoms with E-state index in [-0.39, 0.29) is 18.3 Å². The minimum atomic E-state index is 0. The summed E-state index contributed by atoms with van der Waals surface area (Å²) in [6.07, 6.45) is 0. The van der Waals surface area contributed by atoms with E-state index in [0.29, 0.717) is 24.2 Å². The first-order valence-electron chi connectivity index (χ1n) is 7.14. The van der Waals surface area contributed by atoms with Gasteiger partial charge in [-0.15, -0.1) is 12.4 Å². The van der Waals surface area contributed by atoms with Crippen LogP contribution in [0.4, 0.5) is 0 Å². The van der Waals surface area contributed by atoms with Crippen LogP contribution in [0.1, 0.15) is 12.5 Å². The number of piperazine rings is 1. The number of ether oxygens (including phenoxy) is 1. The fourth-order valence-corrected chi connectivity index (χ4v) is 2.63. The van der Waals surface area contributed by atoms with Crippen LogP contribution >= 0.6 is 24.0 Å². The lowest BCUT2D eigenvalue weighted by atomic mass is 10.2. The second kappa shape index (κ2) is 9.20. The molecule has 2 N–H and O–H groups in total. The molecule has 1 aliphatic heterocycles. The molecule has 1 aromatic carbocycles. The van der Waals surface area contributed by atoms with Crippen LogP contribution in [-0.4, -0.2) is 50.1 Å². The number of nitrogens with one attached hydrogen (secondary N) is 2. The SMILES string of the molecule is COc1ccc(Cl)cc1CNC(=O)CN1CCNC[C@@H]1C.Cl. The topological polar surface area (TPSA) is 53.6 Å². The van der Waals surface area contributed by atoms with Gasteiger partial charge in [-0.3, -0.25) is 9.69 Å². The number of hydrogen-bond donors (Lipinski definition) is 2. The molecule has 0 saturated carbocycles. The summed E-state index contributed by atoms with van der Waals surface area (Å²) in [6, 6.07) is 5.77. The smallest absolute Gasteiger partial charge is 0.234 e. The van der Waals surface area contributed by atoms with Crippen molar-refractivity contribution in [3.63, 3.8) is 0 Å². The first-order chi connectivity index (χ1) is 10.1. The third-order valence-corrected chi connectivity index (χ3v) is 3.94. The molecular weight excluding hydrogens is 325 g/mol. The van der Waals surface area contributed by atoms with Gasteiger partial charge in [-0.1, -0.05) is 11.6 Å². The minimum absolute atomic E-state index is 0. The quantitative estimate of drug-likeness (QED) is 0.850. The molecule has 124 valence electrons. The van der Waals surface area contributed by atoms with Crippen molar-refractivity contribution in [2.24, 2.45) is 0 Å². The summed E-state index contributed by atoms with van der Waals surface area (Å²) in [7, 11) is 1.61. The molecule has 0 aliphatic carbocycles. The van der Waals surface area contributed by atoms with Crippen molar-refractivity contribution in [2.75, 3.05) is 33.3 Å². The van der Waals surface area contributed by atoms with Gasteiger partial charge in [-0.25, -0.2) is 0 Å². The number of hydrogen-bond acceptors (Lipinski definition) is 4. The van der Waals surface area contributed by atoms with Crippen molar-refractivity contribution in [2.45, 2.75) is 19.5 Å². The van der Waals surface area contributed by atoms with E-state index in [4.69, 9.17) is 16.3 Å². The third kappa shape index (κ3) is 5.32. The lowest BCUT2D eigenvalue weighted by Gasteiger charge is -2.33. The van der Waals surface area contributed by atoms with Crippen LogP contribution in [0.3, 0.4) is 0 Å². The van der Waals surface area contributed by atoms with E-state index in [0.717, 1.165) is 30.9 Å². The lowest BCUT2D eigenvalue weighted by Crippen LogP contribution is -2.52. The predicted octanol–water partition coefficient (Wildman–Crippen LogP) is 1.68. The van der Waals surface area contributed by atoms with Gasteiger partial charge in [-0.2, -0.15) is 0 Å². The van der Waals surface area contributed by atoms with Crippen LogP contribution in [-0.2, 0) is 11.3 Å². The van der Waals surface area contributed by atoms with E-state index in [2.05, 4.69) is 22.5 Å². The predicted molar refractivity (Wildman–Crippen MR) is 91.0 cm³/mol. The van der Waals surface area contributed by atoms with Crippen LogP contribution < -0.4 is 15.4 Å². The van der Waals surface area contributed by atoms with Crippen LogP contribution in [0.2, 0.25) is 5.02 Å². The van der Waals surface area contributed by atoms with Crippen LogP contribution in [0.25, 0.3) is 0 Å². The average molecular weight is 348 g/mol. The van der Waals surface area contributed by atoms with E-state index in [9.17, 15) is 4.79 Å². The molecule has 1 aliphatic rings. The highest BCUT2D eigenvalue weighted by Crippen LogP contribution is 2.22. The molecule has 0 radical (unpaired) electrons. The van der Waals surface area contributed by atoms with E-state index in [1.165, 1.54) is 0 Å². The number of halogens is 2. The number of nitrogens with zero attached hydrogens (tertiary/aromatic N) is 1. The highest BCUT2D eigenvalue weighted by atomic mass is 35.5. The zero-order chi connectivity index (χ0) is 15.2. The summed E-state index contributed by atoms with van der Waals surface area (Å²) < 4.78 is 5.27. The summed E-state index contributed by atoms with van der Waals surface area (Å²) in [5, 5.41) is 6.88. The lowest BCUT2D eigenvalue weighted by molar-refractivity contribution is -0.123. The Labute approximate surface area is 142 Å². The first kappa shape index (κ1) is 19.0. The highest BCUT2D eigenvalue weighted by Gasteiger charge is 2.20. The Kier molecular flexibility index (Phi) is 7.96. The minimum Gasteiger partial charge on any atom is -0.496 e. The van der Waals surface area contributed by atoms with Gasteiger partial charge in [0.15, 0.2) is 0 Å². The molecule has 0 aromatic heterocycles. The van der Waals surface area contributed by atoms with Gasteiger partial charge in [0.05, 0.1) is 13.7 Å². The van der Waals surface area contributed by atoms with Gasteiger partial charge in [0.2, 0.25) is 5.91 Å². The number of rotatable bonds is 5. The Morgan fingerprint density at radius 3 is 3.00 bits per heavy atom. The molecule has 0 unspecified atom stereocenters. The molecule has 1 fully saturated rings. The van der Waals surface area contributed by atoms with Gasteiger partial charge < -0.3 is 15.4 Å². The van der Waals surface area contributed by atoms with E-state index in [1.54, 1.807) is 13.2 Å². The van der Waals surface area contributed by atoms with Crippen LogP contribution in [0.15, 0.2) is 18.2 Å². The zero-order valence-electron chi connectivity index (χ0n) is 12.9. The zero-order valence-corrected chi connectivity index (χ0v) is 14.5. The first-order valence-corrected chi connectivity index (χ1v) is 7.52. The molecule has 5 nitrogen and oxygen atoms in total. The molecule has 1 amide bonds. The van der Waals surface area contributed by atoms with Crippen molar-refractivity contribution < 1.29 is 9.53 Å². The Balaban J connectivity index is 0.00000242. The maximum absolute atomic E-state index is 12.1. The molecule has 1 aromatic rings. The Bertz CT molecular complexity index is 500. The van der Waals surface area contributed by atoms with Gasteiger partial charge in [-0.05, 0) is 25.1 Å². The molecule has 0 bridgehead atoms. The molecule has 1 saturated heterocycles. The number of carbonyl (C=O) groups is 1.